The lowest BCUT2D eigenvalue weighted by Crippen LogP contribution is -2.30. The Labute approximate surface area is 515 Å². The fourth-order valence-corrected chi connectivity index (χ4v) is 10.2. The molecule has 6 nitrogen and oxygen atoms in total. The molecule has 1 atom stereocenters. The highest BCUT2D eigenvalue weighted by atomic mass is 16.6. The summed E-state index contributed by atoms with van der Waals surface area (Å²) in [6, 6.07) is 0. The first-order valence-corrected chi connectivity index (χ1v) is 35.7. The minimum absolute atomic E-state index is 0.0807. The molecule has 6 heteroatoms. The molecule has 0 aliphatic heterocycles. The van der Waals surface area contributed by atoms with Crippen LogP contribution in [0.25, 0.3) is 0 Å². The highest BCUT2D eigenvalue weighted by molar-refractivity contribution is 5.71. The molecule has 0 saturated heterocycles. The lowest BCUT2D eigenvalue weighted by molar-refractivity contribution is -0.167. The number of carbonyl (C=O) groups is 3. The zero-order valence-corrected chi connectivity index (χ0v) is 54.9. The minimum Gasteiger partial charge on any atom is -0.462 e. The first-order chi connectivity index (χ1) is 41.0. The van der Waals surface area contributed by atoms with Gasteiger partial charge in [-0.3, -0.25) is 14.4 Å². The van der Waals surface area contributed by atoms with E-state index < -0.39 is 6.10 Å². The minimum atomic E-state index is -0.782. The lowest BCUT2D eigenvalue weighted by Gasteiger charge is -2.18. The molecule has 0 fully saturated rings. The molecule has 1 unspecified atom stereocenters. The molecular weight excluding hydrogens is 1020 g/mol. The maximum absolute atomic E-state index is 12.8. The Morgan fingerprint density at radius 2 is 0.470 bits per heavy atom. The average molecular weight is 1160 g/mol. The quantitative estimate of drug-likeness (QED) is 0.0261. The van der Waals surface area contributed by atoms with Gasteiger partial charge in [0.15, 0.2) is 6.10 Å². The van der Waals surface area contributed by atoms with Crippen LogP contribution in [0, 0.1) is 0 Å². The maximum Gasteiger partial charge on any atom is 0.306 e. The zero-order valence-electron chi connectivity index (χ0n) is 54.9. The van der Waals surface area contributed by atoms with Gasteiger partial charge in [-0.15, -0.1) is 0 Å². The molecular formula is C77H134O6. The number of unbranched alkanes of at least 4 members (excludes halogenated alkanes) is 38. The molecule has 0 rings (SSSR count). The predicted octanol–water partition coefficient (Wildman–Crippen LogP) is 24.8. The Morgan fingerprint density at radius 3 is 0.735 bits per heavy atom. The van der Waals surface area contributed by atoms with Gasteiger partial charge in [0, 0.05) is 19.3 Å². The summed E-state index contributed by atoms with van der Waals surface area (Å²) in [5.41, 5.74) is 0. The molecule has 0 aromatic carbocycles. The van der Waals surface area contributed by atoms with Crippen molar-refractivity contribution in [3.63, 3.8) is 0 Å². The molecule has 0 aliphatic rings. The van der Waals surface area contributed by atoms with E-state index in [9.17, 15) is 14.4 Å². The van der Waals surface area contributed by atoms with Crippen molar-refractivity contribution in [1.82, 2.24) is 0 Å². The summed E-state index contributed by atoms with van der Waals surface area (Å²) in [4.78, 5) is 38.0. The fourth-order valence-electron chi connectivity index (χ4n) is 10.2. The predicted molar refractivity (Wildman–Crippen MR) is 362 cm³/mol. The summed E-state index contributed by atoms with van der Waals surface area (Å²) in [5.74, 6) is -0.897. The van der Waals surface area contributed by atoms with Crippen LogP contribution in [0.1, 0.15) is 355 Å². The molecule has 0 spiro atoms. The van der Waals surface area contributed by atoms with Crippen molar-refractivity contribution in [1.29, 1.82) is 0 Å². The van der Waals surface area contributed by atoms with Gasteiger partial charge in [-0.05, 0) is 103 Å². The Morgan fingerprint density at radius 1 is 0.253 bits per heavy atom. The summed E-state index contributed by atoms with van der Waals surface area (Å²) >= 11 is 0. The van der Waals surface area contributed by atoms with E-state index in [0.717, 1.165) is 122 Å². The third kappa shape index (κ3) is 69.0. The normalized spacial score (nSPS) is 12.7. The van der Waals surface area contributed by atoms with Crippen molar-refractivity contribution < 1.29 is 28.6 Å². The Hall–Kier alpha value is -3.67. The summed E-state index contributed by atoms with van der Waals surface area (Å²) in [6.45, 7) is 6.45. The highest BCUT2D eigenvalue weighted by Gasteiger charge is 2.19. The van der Waals surface area contributed by atoms with Gasteiger partial charge in [-0.2, -0.15) is 0 Å². The Bertz CT molecular complexity index is 1610. The van der Waals surface area contributed by atoms with Crippen LogP contribution in [0.2, 0.25) is 0 Å². The topological polar surface area (TPSA) is 78.9 Å². The molecule has 0 saturated carbocycles. The number of rotatable bonds is 65. The monoisotopic (exact) mass is 1160 g/mol. The van der Waals surface area contributed by atoms with Gasteiger partial charge in [0.1, 0.15) is 13.2 Å². The van der Waals surface area contributed by atoms with Gasteiger partial charge < -0.3 is 14.2 Å². The highest BCUT2D eigenvalue weighted by Crippen LogP contribution is 2.18. The second kappa shape index (κ2) is 70.8. The number of hydrogen-bond acceptors (Lipinski definition) is 6. The van der Waals surface area contributed by atoms with E-state index in [4.69, 9.17) is 14.2 Å². The molecule has 0 heterocycles. The van der Waals surface area contributed by atoms with E-state index in [1.165, 1.54) is 193 Å². The van der Waals surface area contributed by atoms with E-state index in [-0.39, 0.29) is 31.1 Å². The largest absolute Gasteiger partial charge is 0.462 e. The smallest absolute Gasteiger partial charge is 0.306 e. The Balaban J connectivity index is 3.95. The van der Waals surface area contributed by atoms with E-state index in [1.807, 2.05) is 0 Å². The molecule has 0 aliphatic carbocycles. The molecule has 0 aromatic heterocycles. The van der Waals surface area contributed by atoms with Crippen LogP contribution in [0.5, 0.6) is 0 Å². The third-order valence-electron chi connectivity index (χ3n) is 15.6. The lowest BCUT2D eigenvalue weighted by atomic mass is 10.0. The van der Waals surface area contributed by atoms with Gasteiger partial charge in [0.2, 0.25) is 0 Å². The second-order valence-electron chi connectivity index (χ2n) is 23.8. The van der Waals surface area contributed by atoms with Crippen molar-refractivity contribution in [2.75, 3.05) is 13.2 Å². The van der Waals surface area contributed by atoms with E-state index in [2.05, 4.69) is 118 Å². The molecule has 0 bridgehead atoms. The van der Waals surface area contributed by atoms with Gasteiger partial charge in [0.05, 0.1) is 0 Å². The number of esters is 3. The van der Waals surface area contributed by atoms with Gasteiger partial charge >= 0.3 is 17.9 Å². The number of carbonyl (C=O) groups excluding carboxylic acids is 3. The molecule has 478 valence electrons. The van der Waals surface area contributed by atoms with Crippen LogP contribution in [0.4, 0.5) is 0 Å². The van der Waals surface area contributed by atoms with Gasteiger partial charge in [-0.25, -0.2) is 0 Å². The standard InChI is InChI=1S/C77H134O6/c1-4-7-10-13-15-17-19-21-23-25-27-29-31-33-34-35-36-37-38-39-40-41-42-44-45-47-49-51-53-55-57-59-61-64-67-70-76(79)82-73-74(72-81-75(78)69-66-63-12-9-6-3)83-77(80)71-68-65-62-60-58-56-54-52-50-48-46-43-32-30-28-26-24-22-20-18-16-14-11-8-5-2/h8,11,16,18-19,21-22,24-25,27-28,30,43,46,50,52,74H,4-7,9-10,12-15,17,20,23,26,29,31-42,44-45,47-49,51,53-73H2,1-3H3/b11-8-,18-16-,21-19-,24-22-,27-25-,30-28-,46-43-,52-50-. The van der Waals surface area contributed by atoms with Crippen LogP contribution in [-0.2, 0) is 28.6 Å². The molecule has 0 N–H and O–H groups in total. The van der Waals surface area contributed by atoms with E-state index in [1.54, 1.807) is 0 Å². The van der Waals surface area contributed by atoms with Crippen molar-refractivity contribution >= 4 is 17.9 Å². The van der Waals surface area contributed by atoms with Crippen LogP contribution < -0.4 is 0 Å². The fraction of sp³-hybridized carbons (Fsp3) is 0.753. The SMILES string of the molecule is CC/C=C\C/C=C\C/C=C\C/C=C\C/C=C\C/C=C\CCCCCCCCC(=O)OC(COC(=O)CCCCCCC)COC(=O)CCCCCCCCCCCCCCCCCCCCCCCCC/C=C\C/C=C\CCCCCCC. The first kappa shape index (κ1) is 79.3. The van der Waals surface area contributed by atoms with Crippen molar-refractivity contribution in [3.05, 3.63) is 97.2 Å². The van der Waals surface area contributed by atoms with E-state index in [0.29, 0.717) is 19.3 Å². The summed E-state index contributed by atoms with van der Waals surface area (Å²) in [7, 11) is 0. The van der Waals surface area contributed by atoms with Crippen molar-refractivity contribution in [2.45, 2.75) is 361 Å². The maximum atomic E-state index is 12.8. The molecule has 83 heavy (non-hydrogen) atoms. The molecule has 0 amide bonds. The van der Waals surface area contributed by atoms with Crippen LogP contribution in [0.15, 0.2) is 97.2 Å². The number of hydrogen-bond donors (Lipinski definition) is 0. The van der Waals surface area contributed by atoms with Crippen LogP contribution in [-0.4, -0.2) is 37.2 Å². The second-order valence-corrected chi connectivity index (χ2v) is 23.8. The molecule has 0 radical (unpaired) electrons. The summed E-state index contributed by atoms with van der Waals surface area (Å²) < 4.78 is 16.8. The summed E-state index contributed by atoms with van der Waals surface area (Å²) in [6.07, 6.45) is 96.5. The summed E-state index contributed by atoms with van der Waals surface area (Å²) in [5, 5.41) is 0. The van der Waals surface area contributed by atoms with Crippen molar-refractivity contribution in [2.24, 2.45) is 0 Å². The van der Waals surface area contributed by atoms with E-state index >= 15 is 0 Å². The molecule has 0 aromatic rings. The third-order valence-corrected chi connectivity index (χ3v) is 15.6. The van der Waals surface area contributed by atoms with Gasteiger partial charge in [0.25, 0.3) is 0 Å². The Kier molecular flexibility index (Phi) is 67.7. The number of ether oxygens (including phenoxy) is 3. The van der Waals surface area contributed by atoms with Crippen LogP contribution >= 0.6 is 0 Å². The van der Waals surface area contributed by atoms with Gasteiger partial charge in [-0.1, -0.05) is 330 Å². The average Bonchev–Trinajstić information content (AvgIpc) is 3.49. The number of allylic oxidation sites excluding steroid dienone is 16. The van der Waals surface area contributed by atoms with Crippen molar-refractivity contribution in [3.8, 4) is 0 Å². The van der Waals surface area contributed by atoms with Crippen LogP contribution in [0.3, 0.4) is 0 Å². The first-order valence-electron chi connectivity index (χ1n) is 35.7. The zero-order chi connectivity index (χ0) is 59.9.